The van der Waals surface area contributed by atoms with Crippen LogP contribution in [0.4, 0.5) is 0 Å². The zero-order valence-corrected chi connectivity index (χ0v) is 37.9. The Balaban J connectivity index is 0.000000172. The molecule has 6 aliphatic rings. The van der Waals surface area contributed by atoms with Gasteiger partial charge in [-0.15, -0.1) is 0 Å². The predicted molar refractivity (Wildman–Crippen MR) is 223 cm³/mol. The largest absolute Gasteiger partial charge is 0.298 e. The van der Waals surface area contributed by atoms with Crippen LogP contribution < -0.4 is 0 Å². The summed E-state index contributed by atoms with van der Waals surface area (Å²) in [6.45, 7) is 57.9. The third-order valence-corrected chi connectivity index (χ3v) is 14.3. The van der Waals surface area contributed by atoms with Crippen LogP contribution in [0.25, 0.3) is 0 Å². The van der Waals surface area contributed by atoms with Crippen LogP contribution in [0.3, 0.4) is 0 Å². The maximum absolute atomic E-state index is 2.69. The smallest absolute Gasteiger partial charge is 0.0125 e. The SMILES string of the molecule is CC(C)(C)N1CCC2(C1)CN(C(C)(C)C)C2.CC(C)(C)N1CCC2(CC1)CCN(C(C)(C)C)C2.CC(C)(C)N1CCC2(CCN(C(C)(C)C)C2)C1. The first-order valence-corrected chi connectivity index (χ1v) is 21.4. The van der Waals surface area contributed by atoms with Gasteiger partial charge in [0.15, 0.2) is 0 Å². The van der Waals surface area contributed by atoms with E-state index in [0.29, 0.717) is 49.5 Å². The molecule has 300 valence electrons. The quantitative estimate of drug-likeness (QED) is 0.248. The lowest BCUT2D eigenvalue weighted by Gasteiger charge is -2.54. The van der Waals surface area contributed by atoms with Crippen molar-refractivity contribution in [2.75, 3.05) is 78.5 Å². The molecule has 0 aromatic rings. The van der Waals surface area contributed by atoms with E-state index in [1.165, 1.54) is 117 Å². The summed E-state index contributed by atoms with van der Waals surface area (Å²) in [5.41, 5.74) is 3.97. The monoisotopic (exact) mass is 715 g/mol. The summed E-state index contributed by atoms with van der Waals surface area (Å²) in [6, 6.07) is 0. The lowest BCUT2D eigenvalue weighted by Crippen LogP contribution is -2.63. The molecule has 6 saturated heterocycles. The molecule has 0 aromatic heterocycles. The van der Waals surface area contributed by atoms with Crippen LogP contribution in [-0.4, -0.2) is 141 Å². The van der Waals surface area contributed by atoms with Gasteiger partial charge in [0, 0.05) is 77.9 Å². The van der Waals surface area contributed by atoms with Crippen molar-refractivity contribution in [3.8, 4) is 0 Å². The van der Waals surface area contributed by atoms with Gasteiger partial charge in [0.05, 0.1) is 0 Å². The highest BCUT2D eigenvalue weighted by atomic mass is 15.3. The highest BCUT2D eigenvalue weighted by Gasteiger charge is 2.52. The first-order valence-electron chi connectivity index (χ1n) is 21.4. The summed E-state index contributed by atoms with van der Waals surface area (Å²) in [7, 11) is 0. The van der Waals surface area contributed by atoms with Crippen molar-refractivity contribution in [3.05, 3.63) is 0 Å². The zero-order chi connectivity index (χ0) is 38.7. The Labute approximate surface area is 319 Å². The van der Waals surface area contributed by atoms with Gasteiger partial charge in [0.1, 0.15) is 0 Å². The average molecular weight is 715 g/mol. The van der Waals surface area contributed by atoms with Crippen molar-refractivity contribution in [1.82, 2.24) is 29.4 Å². The van der Waals surface area contributed by atoms with Crippen LogP contribution in [-0.2, 0) is 0 Å². The number of piperidine rings is 1. The molecule has 0 radical (unpaired) electrons. The topological polar surface area (TPSA) is 19.4 Å². The molecule has 6 aliphatic heterocycles. The van der Waals surface area contributed by atoms with Gasteiger partial charge < -0.3 is 0 Å². The fraction of sp³-hybridized carbons (Fsp3) is 1.00. The Kier molecular flexibility index (Phi) is 12.5. The molecule has 6 rings (SSSR count). The van der Waals surface area contributed by atoms with Gasteiger partial charge in [-0.1, -0.05) is 0 Å². The van der Waals surface area contributed by atoms with Gasteiger partial charge >= 0.3 is 0 Å². The van der Waals surface area contributed by atoms with Crippen molar-refractivity contribution in [2.24, 2.45) is 16.2 Å². The Bertz CT molecular complexity index is 1090. The van der Waals surface area contributed by atoms with E-state index in [0.717, 1.165) is 0 Å². The van der Waals surface area contributed by atoms with Gasteiger partial charge in [-0.2, -0.15) is 0 Å². The van der Waals surface area contributed by atoms with Crippen molar-refractivity contribution in [3.63, 3.8) is 0 Å². The van der Waals surface area contributed by atoms with E-state index in [-0.39, 0.29) is 0 Å². The van der Waals surface area contributed by atoms with E-state index in [1.807, 2.05) is 0 Å². The summed E-state index contributed by atoms with van der Waals surface area (Å²) in [4.78, 5) is 16.0. The molecular weight excluding hydrogens is 625 g/mol. The van der Waals surface area contributed by atoms with E-state index in [2.05, 4.69) is 154 Å². The average Bonchev–Trinajstić information content (AvgIpc) is 3.73. The fourth-order valence-electron chi connectivity index (χ4n) is 9.92. The second kappa shape index (κ2) is 14.7. The minimum atomic E-state index is 0.346. The summed E-state index contributed by atoms with van der Waals surface area (Å²) in [5.74, 6) is 0. The van der Waals surface area contributed by atoms with Crippen molar-refractivity contribution in [2.45, 2.75) is 196 Å². The minimum Gasteiger partial charge on any atom is -0.298 e. The van der Waals surface area contributed by atoms with Gasteiger partial charge in [-0.25, -0.2) is 0 Å². The second-order valence-electron chi connectivity index (χ2n) is 24.6. The van der Waals surface area contributed by atoms with E-state index < -0.39 is 0 Å². The standard InChI is InChI=1S/C16H32N2.C15H30N2.C14H28N2/c1-14(2,3)17-10-7-16(8-11-17)9-12-18(13-16)15(4,5)6;1-13(2,3)16-9-7-15(11-16)8-10-17(12-15)14(4,5)6;1-12(2,3)15-8-7-14(9-15)10-16(11-14)13(4,5)6/h7-13H2,1-6H3;7-12H2,1-6H3;7-11H2,1-6H3. The van der Waals surface area contributed by atoms with Gasteiger partial charge in [-0.05, 0) is 213 Å². The normalized spacial score (nSPS) is 27.2. The number of rotatable bonds is 0. The highest BCUT2D eigenvalue weighted by Crippen LogP contribution is 2.46. The predicted octanol–water partition coefficient (Wildman–Crippen LogP) is 8.94. The molecule has 6 fully saturated rings. The summed E-state index contributed by atoms with van der Waals surface area (Å²) in [5, 5.41) is 0. The molecule has 0 unspecified atom stereocenters. The Morgan fingerprint density at radius 2 is 0.431 bits per heavy atom. The molecule has 0 bridgehead atoms. The lowest BCUT2D eigenvalue weighted by molar-refractivity contribution is -0.0558. The summed E-state index contributed by atoms with van der Waals surface area (Å²) < 4.78 is 0. The molecule has 51 heavy (non-hydrogen) atoms. The molecule has 3 spiro atoms. The second-order valence-corrected chi connectivity index (χ2v) is 24.6. The Morgan fingerprint density at radius 1 is 0.235 bits per heavy atom. The molecule has 6 nitrogen and oxygen atoms in total. The molecule has 6 heterocycles. The maximum Gasteiger partial charge on any atom is 0.0125 e. The molecule has 6 heteroatoms. The van der Waals surface area contributed by atoms with Gasteiger partial charge in [0.2, 0.25) is 0 Å². The number of hydrogen-bond acceptors (Lipinski definition) is 6. The lowest BCUT2D eigenvalue weighted by atomic mass is 9.76. The first kappa shape index (κ1) is 43.5. The fourth-order valence-corrected chi connectivity index (χ4v) is 9.92. The third-order valence-electron chi connectivity index (χ3n) is 14.3. The van der Waals surface area contributed by atoms with E-state index in [4.69, 9.17) is 0 Å². The van der Waals surface area contributed by atoms with E-state index in [9.17, 15) is 0 Å². The number of likely N-dealkylation sites (tertiary alicyclic amines) is 6. The molecule has 0 N–H and O–H groups in total. The van der Waals surface area contributed by atoms with Crippen LogP contribution in [0.2, 0.25) is 0 Å². The van der Waals surface area contributed by atoms with Crippen LogP contribution in [0, 0.1) is 16.2 Å². The number of nitrogens with zero attached hydrogens (tertiary/aromatic N) is 6. The van der Waals surface area contributed by atoms with E-state index >= 15 is 0 Å². The van der Waals surface area contributed by atoms with Crippen LogP contribution in [0.1, 0.15) is 163 Å². The molecular formula is C45H90N6. The highest BCUT2D eigenvalue weighted by molar-refractivity contribution is 5.06. The van der Waals surface area contributed by atoms with Crippen LogP contribution in [0.15, 0.2) is 0 Å². The van der Waals surface area contributed by atoms with Gasteiger partial charge in [-0.3, -0.25) is 29.4 Å². The van der Waals surface area contributed by atoms with Gasteiger partial charge in [0.25, 0.3) is 0 Å². The van der Waals surface area contributed by atoms with Crippen LogP contribution in [0.5, 0.6) is 0 Å². The zero-order valence-electron chi connectivity index (χ0n) is 37.9. The Morgan fingerprint density at radius 3 is 0.706 bits per heavy atom. The molecule has 0 aromatic carbocycles. The van der Waals surface area contributed by atoms with Crippen molar-refractivity contribution < 1.29 is 0 Å². The molecule has 0 saturated carbocycles. The summed E-state index contributed by atoms with van der Waals surface area (Å²) in [6.07, 6.45) is 8.42. The molecule has 0 aliphatic carbocycles. The van der Waals surface area contributed by atoms with Crippen molar-refractivity contribution in [1.29, 1.82) is 0 Å². The van der Waals surface area contributed by atoms with Crippen molar-refractivity contribution >= 4 is 0 Å². The minimum absolute atomic E-state index is 0.346. The Hall–Kier alpha value is -0.240. The molecule has 0 amide bonds. The summed E-state index contributed by atoms with van der Waals surface area (Å²) >= 11 is 0. The molecule has 0 atom stereocenters. The van der Waals surface area contributed by atoms with E-state index in [1.54, 1.807) is 0 Å². The first-order chi connectivity index (χ1) is 22.9. The maximum atomic E-state index is 2.69. The number of hydrogen-bond donors (Lipinski definition) is 0. The van der Waals surface area contributed by atoms with Crippen LogP contribution >= 0.6 is 0 Å². The third kappa shape index (κ3) is 11.0.